The minimum Gasteiger partial charge on any atom is -0.494 e. The lowest BCUT2D eigenvalue weighted by molar-refractivity contribution is 0.340. The maximum atomic E-state index is 5.44. The van der Waals surface area contributed by atoms with Crippen molar-refractivity contribution in [3.05, 3.63) is 59.9 Å². The third-order valence-corrected chi connectivity index (χ3v) is 3.57. The van der Waals surface area contributed by atoms with E-state index in [1.807, 2.05) is 43.6 Å². The molecule has 0 aliphatic carbocycles. The number of hydrogen-bond donors (Lipinski definition) is 0. The minimum absolute atomic E-state index is 0.315. The van der Waals surface area contributed by atoms with Crippen LogP contribution in [0.5, 0.6) is 5.75 Å². The summed E-state index contributed by atoms with van der Waals surface area (Å²) in [5.74, 6) is 0.921. The minimum atomic E-state index is 0.315. The molecule has 1 heterocycles. The second-order valence-corrected chi connectivity index (χ2v) is 5.13. The van der Waals surface area contributed by atoms with Gasteiger partial charge in [-0.2, -0.15) is 0 Å². The smallest absolute Gasteiger partial charge is 0.119 e. The van der Waals surface area contributed by atoms with Crippen LogP contribution >= 0.6 is 15.9 Å². The van der Waals surface area contributed by atoms with E-state index in [-0.39, 0.29) is 0 Å². The summed E-state index contributed by atoms with van der Waals surface area (Å²) in [6.07, 6.45) is 4.61. The molecule has 0 bridgehead atoms. The molecule has 0 saturated heterocycles. The van der Waals surface area contributed by atoms with E-state index in [0.29, 0.717) is 11.4 Å². The first kappa shape index (κ1) is 13.1. The molecule has 0 radical (unpaired) electrons. The molecule has 1 aromatic carbocycles. The summed E-state index contributed by atoms with van der Waals surface area (Å²) in [4.78, 5) is 4.34. The van der Waals surface area contributed by atoms with Gasteiger partial charge in [0.2, 0.25) is 0 Å². The quantitative estimate of drug-likeness (QED) is 0.774. The highest BCUT2D eigenvalue weighted by molar-refractivity contribution is 9.09. The number of ether oxygens (including phenoxy) is 1. The number of nitrogens with zero attached hydrogens (tertiary/aromatic N) is 1. The van der Waals surface area contributed by atoms with Crippen molar-refractivity contribution < 1.29 is 4.74 Å². The second kappa shape index (κ2) is 6.55. The summed E-state index contributed by atoms with van der Waals surface area (Å²) >= 11 is 3.73. The summed E-state index contributed by atoms with van der Waals surface area (Å²) in [5.41, 5.74) is 2.54. The molecule has 0 fully saturated rings. The Morgan fingerprint density at radius 3 is 2.39 bits per heavy atom. The summed E-state index contributed by atoms with van der Waals surface area (Å²) in [5, 5.41) is 0. The van der Waals surface area contributed by atoms with E-state index in [1.165, 1.54) is 11.1 Å². The Morgan fingerprint density at radius 2 is 1.78 bits per heavy atom. The molecule has 1 atom stereocenters. The normalized spacial score (nSPS) is 12.1. The number of alkyl halides is 1. The van der Waals surface area contributed by atoms with E-state index in [0.717, 1.165) is 12.2 Å². The van der Waals surface area contributed by atoms with E-state index < -0.39 is 0 Å². The van der Waals surface area contributed by atoms with E-state index in [2.05, 4.69) is 33.0 Å². The van der Waals surface area contributed by atoms with Gasteiger partial charge in [0.05, 0.1) is 6.61 Å². The van der Waals surface area contributed by atoms with Crippen LogP contribution in [0.15, 0.2) is 48.8 Å². The Balaban J connectivity index is 2.02. The van der Waals surface area contributed by atoms with E-state index in [1.54, 1.807) is 0 Å². The van der Waals surface area contributed by atoms with Gasteiger partial charge in [0.1, 0.15) is 5.75 Å². The van der Waals surface area contributed by atoms with E-state index >= 15 is 0 Å². The monoisotopic (exact) mass is 305 g/mol. The zero-order chi connectivity index (χ0) is 12.8. The molecule has 3 heteroatoms. The maximum Gasteiger partial charge on any atom is 0.119 e. The van der Waals surface area contributed by atoms with E-state index in [9.17, 15) is 0 Å². The lowest BCUT2D eigenvalue weighted by Crippen LogP contribution is -1.96. The van der Waals surface area contributed by atoms with Gasteiger partial charge < -0.3 is 4.74 Å². The van der Waals surface area contributed by atoms with Crippen LogP contribution in [0.1, 0.15) is 22.9 Å². The van der Waals surface area contributed by atoms with Crippen LogP contribution < -0.4 is 4.74 Å². The van der Waals surface area contributed by atoms with Crippen LogP contribution in [0.4, 0.5) is 0 Å². The van der Waals surface area contributed by atoms with Crippen molar-refractivity contribution >= 4 is 15.9 Å². The molecular formula is C15H16BrNO. The van der Waals surface area contributed by atoms with Gasteiger partial charge in [-0.15, -0.1) is 0 Å². The van der Waals surface area contributed by atoms with Crippen LogP contribution in [0.25, 0.3) is 0 Å². The molecule has 1 aromatic heterocycles. The Bertz CT molecular complexity index is 470. The predicted octanol–water partition coefficient (Wildman–Crippen LogP) is 4.16. The molecule has 2 rings (SSSR count). The zero-order valence-electron chi connectivity index (χ0n) is 10.3. The van der Waals surface area contributed by atoms with Crippen LogP contribution in [0, 0.1) is 0 Å². The average molecular weight is 306 g/mol. The molecular weight excluding hydrogens is 290 g/mol. The fourth-order valence-electron chi connectivity index (χ4n) is 1.78. The molecule has 0 saturated carbocycles. The molecule has 2 aromatic rings. The average Bonchev–Trinajstić information content (AvgIpc) is 2.41. The predicted molar refractivity (Wildman–Crippen MR) is 77.2 cm³/mol. The fraction of sp³-hybridized carbons (Fsp3) is 0.267. The molecule has 0 aliphatic heterocycles. The third kappa shape index (κ3) is 3.57. The third-order valence-electron chi connectivity index (χ3n) is 2.72. The summed E-state index contributed by atoms with van der Waals surface area (Å²) in [6.45, 7) is 2.69. The van der Waals surface area contributed by atoms with Gasteiger partial charge in [0, 0.05) is 17.2 Å². The van der Waals surface area contributed by atoms with Crippen LogP contribution in [-0.4, -0.2) is 11.6 Å². The van der Waals surface area contributed by atoms with Gasteiger partial charge in [0.15, 0.2) is 0 Å². The Kier molecular flexibility index (Phi) is 4.76. The SMILES string of the molecule is CCOc1ccc(C(Br)Cc2ccncc2)cc1. The second-order valence-electron chi connectivity index (χ2n) is 4.03. The van der Waals surface area contributed by atoms with Crippen LogP contribution in [-0.2, 0) is 6.42 Å². The van der Waals surface area contributed by atoms with Crippen LogP contribution in [0.3, 0.4) is 0 Å². The Morgan fingerprint density at radius 1 is 1.11 bits per heavy atom. The molecule has 2 nitrogen and oxygen atoms in total. The van der Waals surface area contributed by atoms with Crippen molar-refractivity contribution in [2.75, 3.05) is 6.61 Å². The van der Waals surface area contributed by atoms with Gasteiger partial charge in [0.25, 0.3) is 0 Å². The first-order chi connectivity index (χ1) is 8.79. The summed E-state index contributed by atoms with van der Waals surface area (Å²) < 4.78 is 5.44. The van der Waals surface area contributed by atoms with Gasteiger partial charge in [-0.1, -0.05) is 28.1 Å². The number of hydrogen-bond acceptors (Lipinski definition) is 2. The highest BCUT2D eigenvalue weighted by atomic mass is 79.9. The molecule has 1 unspecified atom stereocenters. The van der Waals surface area contributed by atoms with Crippen molar-refractivity contribution in [3.63, 3.8) is 0 Å². The van der Waals surface area contributed by atoms with Gasteiger partial charge in [-0.05, 0) is 48.7 Å². The number of pyridine rings is 1. The lowest BCUT2D eigenvalue weighted by Gasteiger charge is -2.11. The zero-order valence-corrected chi connectivity index (χ0v) is 11.9. The van der Waals surface area contributed by atoms with E-state index in [4.69, 9.17) is 4.74 Å². The molecule has 18 heavy (non-hydrogen) atoms. The number of benzene rings is 1. The van der Waals surface area contributed by atoms with Gasteiger partial charge >= 0.3 is 0 Å². The maximum absolute atomic E-state index is 5.44. The molecule has 0 aliphatic rings. The van der Waals surface area contributed by atoms with Crippen molar-refractivity contribution in [3.8, 4) is 5.75 Å². The highest BCUT2D eigenvalue weighted by Gasteiger charge is 2.08. The molecule has 0 N–H and O–H groups in total. The number of halogens is 1. The first-order valence-corrected chi connectivity index (χ1v) is 6.97. The van der Waals surface area contributed by atoms with Gasteiger partial charge in [-0.25, -0.2) is 0 Å². The number of rotatable bonds is 5. The summed E-state index contributed by atoms with van der Waals surface area (Å²) in [6, 6.07) is 12.3. The standard InChI is InChI=1S/C15H16BrNO/c1-2-18-14-5-3-13(4-6-14)15(16)11-12-7-9-17-10-8-12/h3-10,15H,2,11H2,1H3. The Labute approximate surface area is 116 Å². The topological polar surface area (TPSA) is 22.1 Å². The van der Waals surface area contributed by atoms with Crippen molar-refractivity contribution in [1.82, 2.24) is 4.98 Å². The fourth-order valence-corrected chi connectivity index (χ4v) is 2.46. The van der Waals surface area contributed by atoms with Gasteiger partial charge in [-0.3, -0.25) is 4.98 Å². The van der Waals surface area contributed by atoms with Crippen molar-refractivity contribution in [2.24, 2.45) is 0 Å². The van der Waals surface area contributed by atoms with Crippen molar-refractivity contribution in [2.45, 2.75) is 18.2 Å². The van der Waals surface area contributed by atoms with Crippen molar-refractivity contribution in [1.29, 1.82) is 0 Å². The summed E-state index contributed by atoms with van der Waals surface area (Å²) in [7, 11) is 0. The molecule has 0 spiro atoms. The lowest BCUT2D eigenvalue weighted by atomic mass is 10.1. The van der Waals surface area contributed by atoms with Crippen LogP contribution in [0.2, 0.25) is 0 Å². The first-order valence-electron chi connectivity index (χ1n) is 6.05. The Hall–Kier alpha value is -1.35. The molecule has 94 valence electrons. The molecule has 0 amide bonds. The number of aromatic nitrogens is 1. The largest absolute Gasteiger partial charge is 0.494 e. The highest BCUT2D eigenvalue weighted by Crippen LogP contribution is 2.28.